The van der Waals surface area contributed by atoms with E-state index in [1.807, 2.05) is 42.2 Å². The molecule has 0 atom stereocenters. The number of anilines is 1. The fourth-order valence-electron chi connectivity index (χ4n) is 4.05. The highest BCUT2D eigenvalue weighted by Crippen LogP contribution is 2.29. The van der Waals surface area contributed by atoms with Crippen molar-refractivity contribution in [1.29, 1.82) is 5.26 Å². The Kier molecular flexibility index (Phi) is 6.85. The Hall–Kier alpha value is -3.50. The molecule has 2 amide bonds. The van der Waals surface area contributed by atoms with Crippen LogP contribution in [0.3, 0.4) is 0 Å². The highest BCUT2D eigenvalue weighted by Gasteiger charge is 2.25. The van der Waals surface area contributed by atoms with E-state index in [4.69, 9.17) is 5.26 Å². The minimum Gasteiger partial charge on any atom is -0.339 e. The van der Waals surface area contributed by atoms with E-state index in [1.165, 1.54) is 11.8 Å². The van der Waals surface area contributed by atoms with Crippen molar-refractivity contribution in [1.82, 2.24) is 9.88 Å². The number of nitriles is 1. The summed E-state index contributed by atoms with van der Waals surface area (Å²) in [7, 11) is 0. The number of nitrogens with zero attached hydrogens (tertiary/aromatic N) is 3. The number of hydrogen-bond acceptors (Lipinski definition) is 4. The van der Waals surface area contributed by atoms with E-state index in [0.717, 1.165) is 22.9 Å². The first-order valence-corrected chi connectivity index (χ1v) is 11.6. The number of likely N-dealkylation sites (tertiary alicyclic amines) is 1. The molecule has 1 fully saturated rings. The number of carbonyl (C=O) groups excluding carboxylic acids is 2. The monoisotopic (exact) mass is 502 g/mol. The maximum Gasteiger partial charge on any atom is 0.257 e. The number of pyridine rings is 1. The Morgan fingerprint density at radius 2 is 1.79 bits per heavy atom. The first-order valence-electron chi connectivity index (χ1n) is 10.8. The lowest BCUT2D eigenvalue weighted by Crippen LogP contribution is -2.38. The van der Waals surface area contributed by atoms with Gasteiger partial charge in [-0.2, -0.15) is 5.26 Å². The van der Waals surface area contributed by atoms with Crippen molar-refractivity contribution >= 4 is 33.4 Å². The minimum atomic E-state index is -0.278. The quantitative estimate of drug-likeness (QED) is 0.524. The molecule has 1 aliphatic heterocycles. The summed E-state index contributed by atoms with van der Waals surface area (Å²) in [6.07, 6.45) is 4.88. The Labute approximate surface area is 201 Å². The molecule has 33 heavy (non-hydrogen) atoms. The Balaban J connectivity index is 1.42. The molecule has 0 radical (unpaired) electrons. The van der Waals surface area contributed by atoms with E-state index in [-0.39, 0.29) is 11.8 Å². The van der Waals surface area contributed by atoms with Crippen LogP contribution in [-0.4, -0.2) is 34.8 Å². The summed E-state index contributed by atoms with van der Waals surface area (Å²) < 4.78 is 0.722. The molecule has 0 unspecified atom stereocenters. The van der Waals surface area contributed by atoms with Crippen molar-refractivity contribution in [2.24, 2.45) is 0 Å². The Morgan fingerprint density at radius 1 is 1.06 bits per heavy atom. The van der Waals surface area contributed by atoms with Gasteiger partial charge in [0.2, 0.25) is 0 Å². The van der Waals surface area contributed by atoms with Crippen LogP contribution in [0.15, 0.2) is 65.4 Å². The highest BCUT2D eigenvalue weighted by molar-refractivity contribution is 9.10. The molecule has 0 saturated carbocycles. The molecular weight excluding hydrogens is 480 g/mol. The van der Waals surface area contributed by atoms with Crippen molar-refractivity contribution in [2.75, 3.05) is 18.4 Å². The van der Waals surface area contributed by atoms with Gasteiger partial charge in [0.25, 0.3) is 11.8 Å². The van der Waals surface area contributed by atoms with Crippen LogP contribution in [0.1, 0.15) is 56.2 Å². The lowest BCUT2D eigenvalue weighted by atomic mass is 9.89. The van der Waals surface area contributed by atoms with E-state index in [2.05, 4.69) is 32.3 Å². The molecule has 2 heterocycles. The average Bonchev–Trinajstić information content (AvgIpc) is 2.85. The number of hydrogen-bond donors (Lipinski definition) is 1. The van der Waals surface area contributed by atoms with Crippen LogP contribution in [0.5, 0.6) is 0 Å². The zero-order valence-electron chi connectivity index (χ0n) is 18.2. The summed E-state index contributed by atoms with van der Waals surface area (Å²) in [6.45, 7) is 3.23. The number of amides is 2. The second kappa shape index (κ2) is 9.97. The number of aryl methyl sites for hydroxylation is 1. The zero-order valence-corrected chi connectivity index (χ0v) is 19.8. The summed E-state index contributed by atoms with van der Waals surface area (Å²) in [6, 6.07) is 17.0. The summed E-state index contributed by atoms with van der Waals surface area (Å²) >= 11 is 3.33. The normalized spacial score (nSPS) is 13.9. The third-order valence-corrected chi connectivity index (χ3v) is 6.43. The van der Waals surface area contributed by atoms with E-state index >= 15 is 0 Å². The van der Waals surface area contributed by atoms with E-state index in [9.17, 15) is 9.59 Å². The van der Waals surface area contributed by atoms with Gasteiger partial charge in [0.05, 0.1) is 17.2 Å². The van der Waals surface area contributed by atoms with Crippen LogP contribution >= 0.6 is 15.9 Å². The number of benzene rings is 2. The summed E-state index contributed by atoms with van der Waals surface area (Å²) in [4.78, 5) is 31.7. The molecule has 166 valence electrons. The molecule has 4 rings (SSSR count). The standard InChI is InChI=1S/C26H23BrN4O2/c1-17-2-5-21(13-24(17)30-25(32)22-12-23(27)16-29-15-22)26(33)31-10-8-20(9-11-31)19-6-3-18(14-28)4-7-19/h2-7,12-13,15-16,20H,8-11H2,1H3,(H,30,32). The van der Waals surface area contributed by atoms with Gasteiger partial charge in [-0.3, -0.25) is 14.6 Å². The van der Waals surface area contributed by atoms with E-state index < -0.39 is 0 Å². The molecule has 2 aromatic carbocycles. The van der Waals surface area contributed by atoms with Crippen LogP contribution in [0.25, 0.3) is 0 Å². The molecule has 0 aliphatic carbocycles. The van der Waals surface area contributed by atoms with E-state index in [0.29, 0.717) is 41.4 Å². The average molecular weight is 503 g/mol. The van der Waals surface area contributed by atoms with Crippen LogP contribution in [-0.2, 0) is 0 Å². The van der Waals surface area contributed by atoms with Crippen LogP contribution < -0.4 is 5.32 Å². The molecule has 3 aromatic rings. The molecule has 7 heteroatoms. The first kappa shape index (κ1) is 22.7. The molecule has 1 N–H and O–H groups in total. The molecule has 1 saturated heterocycles. The highest BCUT2D eigenvalue weighted by atomic mass is 79.9. The Morgan fingerprint density at radius 3 is 2.45 bits per heavy atom. The largest absolute Gasteiger partial charge is 0.339 e. The zero-order chi connectivity index (χ0) is 23.4. The molecular formula is C26H23BrN4O2. The molecule has 1 aromatic heterocycles. The molecule has 6 nitrogen and oxygen atoms in total. The van der Waals surface area contributed by atoms with Gasteiger partial charge in [0, 0.05) is 41.2 Å². The number of halogens is 1. The summed E-state index contributed by atoms with van der Waals surface area (Å²) in [5, 5.41) is 11.9. The topological polar surface area (TPSA) is 86.1 Å². The van der Waals surface area contributed by atoms with E-state index in [1.54, 1.807) is 24.4 Å². The summed E-state index contributed by atoms with van der Waals surface area (Å²) in [5.41, 5.74) is 4.35. The van der Waals surface area contributed by atoms with Gasteiger partial charge in [-0.05, 0) is 83.1 Å². The molecule has 0 spiro atoms. The van der Waals surface area contributed by atoms with Crippen LogP contribution in [0.4, 0.5) is 5.69 Å². The maximum atomic E-state index is 13.2. The third-order valence-electron chi connectivity index (χ3n) is 5.99. The van der Waals surface area contributed by atoms with Crippen molar-refractivity contribution in [3.05, 3.63) is 93.2 Å². The van der Waals surface area contributed by atoms with Crippen molar-refractivity contribution in [2.45, 2.75) is 25.7 Å². The number of rotatable bonds is 4. The van der Waals surface area contributed by atoms with Gasteiger partial charge in [-0.15, -0.1) is 0 Å². The number of aromatic nitrogens is 1. The first-order chi connectivity index (χ1) is 15.9. The van der Waals surface area contributed by atoms with Crippen LogP contribution in [0.2, 0.25) is 0 Å². The van der Waals surface area contributed by atoms with Crippen molar-refractivity contribution in [3.63, 3.8) is 0 Å². The summed E-state index contributed by atoms with van der Waals surface area (Å²) in [5.74, 6) is 0.0705. The molecule has 1 aliphatic rings. The second-order valence-electron chi connectivity index (χ2n) is 8.18. The predicted molar refractivity (Wildman–Crippen MR) is 130 cm³/mol. The Bertz CT molecular complexity index is 1230. The number of carbonyl (C=O) groups is 2. The predicted octanol–water partition coefficient (Wildman–Crippen LogP) is 5.30. The SMILES string of the molecule is Cc1ccc(C(=O)N2CCC(c3ccc(C#N)cc3)CC2)cc1NC(=O)c1cncc(Br)c1. The lowest BCUT2D eigenvalue weighted by molar-refractivity contribution is 0.0712. The number of piperidine rings is 1. The second-order valence-corrected chi connectivity index (χ2v) is 9.09. The van der Waals surface area contributed by atoms with Gasteiger partial charge in [0.15, 0.2) is 0 Å². The van der Waals surface area contributed by atoms with Crippen molar-refractivity contribution in [3.8, 4) is 6.07 Å². The third kappa shape index (κ3) is 5.29. The minimum absolute atomic E-state index is 0.0344. The van der Waals surface area contributed by atoms with Gasteiger partial charge < -0.3 is 10.2 Å². The lowest BCUT2D eigenvalue weighted by Gasteiger charge is -2.32. The van der Waals surface area contributed by atoms with Gasteiger partial charge in [-0.25, -0.2) is 0 Å². The van der Waals surface area contributed by atoms with Crippen LogP contribution in [0, 0.1) is 18.3 Å². The maximum absolute atomic E-state index is 13.2. The molecule has 0 bridgehead atoms. The fraction of sp³-hybridized carbons (Fsp3) is 0.231. The van der Waals surface area contributed by atoms with Gasteiger partial charge >= 0.3 is 0 Å². The number of nitrogens with one attached hydrogen (secondary N) is 1. The van der Waals surface area contributed by atoms with Gasteiger partial charge in [0.1, 0.15) is 0 Å². The fourth-order valence-corrected chi connectivity index (χ4v) is 4.41. The smallest absolute Gasteiger partial charge is 0.257 e. The van der Waals surface area contributed by atoms with Gasteiger partial charge in [-0.1, -0.05) is 18.2 Å². The van der Waals surface area contributed by atoms with Crippen molar-refractivity contribution < 1.29 is 9.59 Å².